The molecule has 1 amide bonds. The summed E-state index contributed by atoms with van der Waals surface area (Å²) < 4.78 is 30.4. The van der Waals surface area contributed by atoms with Crippen LogP contribution in [0.5, 0.6) is 11.5 Å². The fourth-order valence-electron chi connectivity index (χ4n) is 4.41. The second-order valence-corrected chi connectivity index (χ2v) is 11.8. The number of amides is 1. The molecule has 14 nitrogen and oxygen atoms in total. The molecule has 15 heteroatoms. The topological polar surface area (TPSA) is 184 Å². The van der Waals surface area contributed by atoms with Crippen molar-refractivity contribution in [2.45, 2.75) is 57.6 Å². The largest absolute Gasteiger partial charge is 0.475 e. The van der Waals surface area contributed by atoms with Crippen LogP contribution in [0.15, 0.2) is 42.5 Å². The summed E-state index contributed by atoms with van der Waals surface area (Å²) in [5.41, 5.74) is 0.224. The van der Waals surface area contributed by atoms with Gasteiger partial charge in [-0.05, 0) is 69.5 Å². The maximum atomic E-state index is 13.2. The van der Waals surface area contributed by atoms with E-state index < -0.39 is 66.0 Å². The van der Waals surface area contributed by atoms with Crippen LogP contribution >= 0.6 is 11.6 Å². The van der Waals surface area contributed by atoms with Crippen LogP contribution in [0.2, 0.25) is 5.02 Å². The Labute approximate surface area is 270 Å². The standard InChI is InChI=1S/C31H36ClNO13/c1-17(33(29(40)46-30(2,3)4)15-22(34)19-8-7-9-20(32)14-19)12-18-10-11-23-24(13-18)45-31(44-23,27(37)38)28(39)43-16-21(25(35)41-5)26(36)42-6/h7-11,13-14,17,21-22,34H,12,15-16H2,1-6H3,(H,37,38). The summed E-state index contributed by atoms with van der Waals surface area (Å²) in [6.07, 6.45) is -1.58. The van der Waals surface area contributed by atoms with Crippen LogP contribution in [0.1, 0.15) is 44.9 Å². The highest BCUT2D eigenvalue weighted by molar-refractivity contribution is 6.30. The van der Waals surface area contributed by atoms with Crippen molar-refractivity contribution < 1.29 is 62.6 Å². The average molecular weight is 666 g/mol. The minimum absolute atomic E-state index is 0.103. The van der Waals surface area contributed by atoms with Crippen LogP contribution in [-0.2, 0) is 44.5 Å². The van der Waals surface area contributed by atoms with Crippen molar-refractivity contribution in [3.05, 3.63) is 58.6 Å². The Morgan fingerprint density at radius 3 is 2.17 bits per heavy atom. The van der Waals surface area contributed by atoms with Gasteiger partial charge in [0.05, 0.1) is 26.9 Å². The molecule has 0 aromatic heterocycles. The molecule has 1 heterocycles. The Morgan fingerprint density at radius 2 is 1.61 bits per heavy atom. The van der Waals surface area contributed by atoms with Gasteiger partial charge in [-0.1, -0.05) is 29.8 Å². The molecular weight excluding hydrogens is 630 g/mol. The number of ether oxygens (including phenoxy) is 6. The number of rotatable bonds is 12. The summed E-state index contributed by atoms with van der Waals surface area (Å²) >= 11 is 6.08. The number of methoxy groups -OCH3 is 2. The van der Waals surface area contributed by atoms with Crippen molar-refractivity contribution in [3.63, 3.8) is 0 Å². The van der Waals surface area contributed by atoms with Gasteiger partial charge in [0.25, 0.3) is 0 Å². The van der Waals surface area contributed by atoms with Gasteiger partial charge in [-0.15, -0.1) is 0 Å². The third-order valence-corrected chi connectivity index (χ3v) is 6.95. The highest BCUT2D eigenvalue weighted by Crippen LogP contribution is 2.41. The van der Waals surface area contributed by atoms with Crippen LogP contribution in [-0.4, -0.2) is 89.9 Å². The summed E-state index contributed by atoms with van der Waals surface area (Å²) in [4.78, 5) is 63.6. The molecule has 2 aromatic carbocycles. The predicted octanol–water partition coefficient (Wildman–Crippen LogP) is 3.30. The number of nitrogens with zero attached hydrogens (tertiary/aromatic N) is 1. The predicted molar refractivity (Wildman–Crippen MR) is 159 cm³/mol. The molecule has 1 aliphatic rings. The molecule has 0 saturated heterocycles. The quantitative estimate of drug-likeness (QED) is 0.191. The Morgan fingerprint density at radius 1 is 0.978 bits per heavy atom. The van der Waals surface area contributed by atoms with Gasteiger partial charge in [0.15, 0.2) is 17.4 Å². The number of benzene rings is 2. The van der Waals surface area contributed by atoms with E-state index in [9.17, 15) is 34.2 Å². The Bertz CT molecular complexity index is 1460. The van der Waals surface area contributed by atoms with Crippen molar-refractivity contribution in [2.24, 2.45) is 5.92 Å². The summed E-state index contributed by atoms with van der Waals surface area (Å²) in [6.45, 7) is 5.84. The number of aliphatic hydroxyl groups excluding tert-OH is 1. The molecule has 250 valence electrons. The van der Waals surface area contributed by atoms with Gasteiger partial charge in [-0.2, -0.15) is 0 Å². The fraction of sp³-hybridized carbons (Fsp3) is 0.452. The van der Waals surface area contributed by atoms with E-state index in [4.69, 9.17) is 30.5 Å². The van der Waals surface area contributed by atoms with Crippen LogP contribution in [0.4, 0.5) is 4.79 Å². The summed E-state index contributed by atoms with van der Waals surface area (Å²) in [6, 6.07) is 10.4. The number of hydrogen-bond acceptors (Lipinski definition) is 12. The number of carboxylic acid groups (broad SMARTS) is 1. The van der Waals surface area contributed by atoms with Crippen LogP contribution in [0, 0.1) is 5.92 Å². The molecule has 0 spiro atoms. The first-order chi connectivity index (χ1) is 21.5. The van der Waals surface area contributed by atoms with Gasteiger partial charge in [0.1, 0.15) is 12.2 Å². The number of hydrogen-bond donors (Lipinski definition) is 2. The van der Waals surface area contributed by atoms with E-state index in [0.717, 1.165) is 14.2 Å². The van der Waals surface area contributed by atoms with Gasteiger partial charge in [0, 0.05) is 11.1 Å². The third-order valence-electron chi connectivity index (χ3n) is 6.71. The van der Waals surface area contributed by atoms with Crippen LogP contribution in [0.25, 0.3) is 0 Å². The van der Waals surface area contributed by atoms with Gasteiger partial charge in [-0.25, -0.2) is 14.4 Å². The number of halogens is 1. The van der Waals surface area contributed by atoms with E-state index in [0.29, 0.717) is 16.1 Å². The highest BCUT2D eigenvalue weighted by Gasteiger charge is 2.59. The van der Waals surface area contributed by atoms with E-state index in [1.54, 1.807) is 58.0 Å². The fourth-order valence-corrected chi connectivity index (χ4v) is 4.61. The normalized spacial score (nSPS) is 16.6. The second kappa shape index (κ2) is 14.7. The molecule has 0 saturated carbocycles. The lowest BCUT2D eigenvalue weighted by Crippen LogP contribution is -2.55. The lowest BCUT2D eigenvalue weighted by atomic mass is 10.0. The molecule has 2 N–H and O–H groups in total. The number of carbonyl (C=O) groups is 5. The third kappa shape index (κ3) is 8.57. The molecule has 0 bridgehead atoms. The first-order valence-electron chi connectivity index (χ1n) is 14.0. The van der Waals surface area contributed by atoms with Crippen molar-refractivity contribution in [1.82, 2.24) is 4.90 Å². The zero-order valence-corrected chi connectivity index (χ0v) is 26.9. The second-order valence-electron chi connectivity index (χ2n) is 11.4. The van der Waals surface area contributed by atoms with Gasteiger partial charge in [0.2, 0.25) is 0 Å². The summed E-state index contributed by atoms with van der Waals surface area (Å²) in [5.74, 6) is -10.4. The number of carbonyl (C=O) groups excluding carboxylic acids is 4. The van der Waals surface area contributed by atoms with E-state index in [-0.39, 0.29) is 24.5 Å². The Balaban J connectivity index is 1.81. The van der Waals surface area contributed by atoms with Crippen molar-refractivity contribution in [3.8, 4) is 11.5 Å². The van der Waals surface area contributed by atoms with E-state index in [1.807, 2.05) is 0 Å². The molecule has 1 aliphatic heterocycles. The monoisotopic (exact) mass is 665 g/mol. The van der Waals surface area contributed by atoms with Gasteiger partial charge < -0.3 is 43.5 Å². The lowest BCUT2D eigenvalue weighted by molar-refractivity contribution is -0.200. The highest BCUT2D eigenvalue weighted by atomic mass is 35.5. The first-order valence-corrected chi connectivity index (χ1v) is 14.4. The molecule has 0 radical (unpaired) electrons. The SMILES string of the molecule is COC(=O)C(COC(=O)C1(C(=O)O)Oc2ccc(CC(C)N(CC(O)c3cccc(Cl)c3)C(=O)OC(C)(C)C)cc2O1)C(=O)OC. The summed E-state index contributed by atoms with van der Waals surface area (Å²) in [5, 5.41) is 21.3. The molecule has 3 unspecified atom stereocenters. The van der Waals surface area contributed by atoms with E-state index in [2.05, 4.69) is 9.47 Å². The molecular formula is C31H36ClNO13. The average Bonchev–Trinajstić information content (AvgIpc) is 3.39. The molecule has 3 rings (SSSR count). The van der Waals surface area contributed by atoms with E-state index in [1.165, 1.54) is 17.0 Å². The number of aliphatic hydroxyl groups is 1. The molecule has 0 aliphatic carbocycles. The minimum atomic E-state index is -2.98. The minimum Gasteiger partial charge on any atom is -0.475 e. The number of esters is 3. The zero-order valence-electron chi connectivity index (χ0n) is 26.1. The number of aliphatic carboxylic acids is 1. The first kappa shape index (κ1) is 35.9. The smallest absolute Gasteiger partial charge is 0.453 e. The van der Waals surface area contributed by atoms with Crippen molar-refractivity contribution in [1.29, 1.82) is 0 Å². The van der Waals surface area contributed by atoms with Crippen LogP contribution in [0.3, 0.4) is 0 Å². The van der Waals surface area contributed by atoms with Crippen LogP contribution < -0.4 is 9.47 Å². The Hall–Kier alpha value is -4.56. The maximum Gasteiger partial charge on any atom is 0.453 e. The van der Waals surface area contributed by atoms with Crippen molar-refractivity contribution >= 4 is 41.6 Å². The lowest BCUT2D eigenvalue weighted by Gasteiger charge is -2.33. The molecule has 2 aromatic rings. The molecule has 0 fully saturated rings. The zero-order chi connectivity index (χ0) is 34.4. The van der Waals surface area contributed by atoms with Gasteiger partial charge in [-0.3, -0.25) is 9.59 Å². The Kier molecular flexibility index (Phi) is 11.5. The molecule has 3 atom stereocenters. The van der Waals surface area contributed by atoms with Crippen molar-refractivity contribution in [2.75, 3.05) is 27.4 Å². The number of fused-ring (bicyclic) bond motifs is 1. The summed E-state index contributed by atoms with van der Waals surface area (Å²) in [7, 11) is 2.01. The molecule has 46 heavy (non-hydrogen) atoms. The van der Waals surface area contributed by atoms with E-state index >= 15 is 0 Å². The number of carboxylic acids is 1. The van der Waals surface area contributed by atoms with Gasteiger partial charge >= 0.3 is 35.8 Å². The maximum absolute atomic E-state index is 13.2.